The maximum absolute atomic E-state index is 11.2. The number of alkyl halides is 1. The van der Waals surface area contributed by atoms with E-state index in [0.717, 1.165) is 0 Å². The maximum Gasteiger partial charge on any atom is 0.407 e. The molecular weight excluding hydrogens is 244 g/mol. The minimum absolute atomic E-state index is 0.0587. The zero-order chi connectivity index (χ0) is 13.3. The SMILES string of the molecule is CC(C)(C)OC(=O)NCCNC(=O)CCCCl. The number of nitrogens with one attached hydrogen (secondary N) is 2. The van der Waals surface area contributed by atoms with Crippen LogP contribution < -0.4 is 10.6 Å². The molecule has 0 spiro atoms. The smallest absolute Gasteiger partial charge is 0.407 e. The third-order valence-electron chi connectivity index (χ3n) is 1.65. The molecule has 0 fully saturated rings. The van der Waals surface area contributed by atoms with Gasteiger partial charge in [-0.1, -0.05) is 0 Å². The fourth-order valence-corrected chi connectivity index (χ4v) is 1.13. The summed E-state index contributed by atoms with van der Waals surface area (Å²) in [6.07, 6.45) is 0.593. The van der Waals surface area contributed by atoms with Crippen LogP contribution in [0.4, 0.5) is 4.79 Å². The minimum Gasteiger partial charge on any atom is -0.444 e. The van der Waals surface area contributed by atoms with Gasteiger partial charge in [0.05, 0.1) is 0 Å². The molecule has 5 nitrogen and oxygen atoms in total. The Morgan fingerprint density at radius 2 is 1.76 bits per heavy atom. The van der Waals surface area contributed by atoms with Gasteiger partial charge in [0.1, 0.15) is 5.60 Å². The van der Waals surface area contributed by atoms with Gasteiger partial charge in [-0.25, -0.2) is 4.79 Å². The molecule has 0 aromatic heterocycles. The van der Waals surface area contributed by atoms with Crippen molar-refractivity contribution in [3.05, 3.63) is 0 Å². The molecule has 0 atom stereocenters. The summed E-state index contributed by atoms with van der Waals surface area (Å²) in [5.74, 6) is 0.417. The molecule has 0 radical (unpaired) electrons. The molecule has 0 saturated carbocycles. The van der Waals surface area contributed by atoms with Gasteiger partial charge in [-0.05, 0) is 27.2 Å². The minimum atomic E-state index is -0.506. The standard InChI is InChI=1S/C11H21ClN2O3/c1-11(2,3)17-10(16)14-8-7-13-9(15)5-4-6-12/h4-8H2,1-3H3,(H,13,15)(H,14,16). The first kappa shape index (κ1) is 16.0. The molecule has 6 heteroatoms. The number of ether oxygens (including phenoxy) is 1. The molecule has 17 heavy (non-hydrogen) atoms. The summed E-state index contributed by atoms with van der Waals surface area (Å²) in [5.41, 5.74) is -0.506. The second-order valence-corrected chi connectivity index (χ2v) is 4.95. The van der Waals surface area contributed by atoms with Crippen LogP contribution in [-0.2, 0) is 9.53 Å². The van der Waals surface area contributed by atoms with Crippen LogP contribution in [0.15, 0.2) is 0 Å². The first-order chi connectivity index (χ1) is 7.85. The average molecular weight is 265 g/mol. The van der Waals surface area contributed by atoms with Crippen molar-refractivity contribution in [2.45, 2.75) is 39.2 Å². The normalized spacial score (nSPS) is 10.8. The van der Waals surface area contributed by atoms with Crippen LogP contribution in [0.25, 0.3) is 0 Å². The van der Waals surface area contributed by atoms with Gasteiger partial charge in [-0.15, -0.1) is 11.6 Å². The molecule has 0 rings (SSSR count). The summed E-state index contributed by atoms with van der Waals surface area (Å²) in [6.45, 7) is 6.11. The van der Waals surface area contributed by atoms with E-state index in [4.69, 9.17) is 16.3 Å². The fourth-order valence-electron chi connectivity index (χ4n) is 0.996. The van der Waals surface area contributed by atoms with Gasteiger partial charge in [0.25, 0.3) is 0 Å². The van der Waals surface area contributed by atoms with Crippen LogP contribution in [-0.4, -0.2) is 36.6 Å². The first-order valence-electron chi connectivity index (χ1n) is 5.64. The van der Waals surface area contributed by atoms with E-state index < -0.39 is 11.7 Å². The lowest BCUT2D eigenvalue weighted by molar-refractivity contribution is -0.121. The Kier molecular flexibility index (Phi) is 7.70. The third kappa shape index (κ3) is 11.3. The van der Waals surface area contributed by atoms with Crippen LogP contribution in [0.1, 0.15) is 33.6 Å². The highest BCUT2D eigenvalue weighted by Gasteiger charge is 2.15. The summed E-state index contributed by atoms with van der Waals surface area (Å²) in [4.78, 5) is 22.4. The predicted octanol–water partition coefficient (Wildman–Crippen LogP) is 1.65. The fraction of sp³-hybridized carbons (Fsp3) is 0.818. The number of halogens is 1. The Morgan fingerprint density at radius 1 is 1.18 bits per heavy atom. The highest BCUT2D eigenvalue weighted by Crippen LogP contribution is 2.05. The molecule has 0 aromatic rings. The second-order valence-electron chi connectivity index (χ2n) is 4.57. The Morgan fingerprint density at radius 3 is 2.29 bits per heavy atom. The van der Waals surface area contributed by atoms with Gasteiger partial charge in [0.2, 0.25) is 5.91 Å². The zero-order valence-corrected chi connectivity index (χ0v) is 11.4. The van der Waals surface area contributed by atoms with Crippen LogP contribution in [0.5, 0.6) is 0 Å². The molecular formula is C11H21ClN2O3. The van der Waals surface area contributed by atoms with Crippen LogP contribution in [0.3, 0.4) is 0 Å². The molecule has 0 aliphatic rings. The first-order valence-corrected chi connectivity index (χ1v) is 6.18. The quantitative estimate of drug-likeness (QED) is 0.566. The molecule has 0 saturated heterocycles. The summed E-state index contributed by atoms with van der Waals surface area (Å²) < 4.78 is 5.03. The van der Waals surface area contributed by atoms with E-state index in [0.29, 0.717) is 31.8 Å². The van der Waals surface area contributed by atoms with E-state index in [-0.39, 0.29) is 5.91 Å². The Bertz CT molecular complexity index is 252. The maximum atomic E-state index is 11.2. The Hall–Kier alpha value is -0.970. The van der Waals surface area contributed by atoms with Crippen molar-refractivity contribution in [3.8, 4) is 0 Å². The van der Waals surface area contributed by atoms with Gasteiger partial charge < -0.3 is 15.4 Å². The molecule has 0 aromatic carbocycles. The molecule has 2 amide bonds. The van der Waals surface area contributed by atoms with Crippen molar-refractivity contribution in [3.63, 3.8) is 0 Å². The van der Waals surface area contributed by atoms with Gasteiger partial charge >= 0.3 is 6.09 Å². The van der Waals surface area contributed by atoms with Crippen LogP contribution in [0.2, 0.25) is 0 Å². The van der Waals surface area contributed by atoms with Crippen molar-refractivity contribution in [2.75, 3.05) is 19.0 Å². The summed E-state index contributed by atoms with van der Waals surface area (Å²) in [6, 6.07) is 0. The van der Waals surface area contributed by atoms with Crippen molar-refractivity contribution < 1.29 is 14.3 Å². The van der Waals surface area contributed by atoms with Crippen molar-refractivity contribution >= 4 is 23.6 Å². The third-order valence-corrected chi connectivity index (χ3v) is 1.92. The second kappa shape index (κ2) is 8.17. The van der Waals surface area contributed by atoms with Crippen molar-refractivity contribution in [1.29, 1.82) is 0 Å². The van der Waals surface area contributed by atoms with E-state index in [1.54, 1.807) is 20.8 Å². The van der Waals surface area contributed by atoms with Crippen LogP contribution in [0, 0.1) is 0 Å². The summed E-state index contributed by atoms with van der Waals surface area (Å²) in [5, 5.41) is 5.22. The van der Waals surface area contributed by atoms with Gasteiger partial charge in [-0.2, -0.15) is 0 Å². The highest BCUT2D eigenvalue weighted by atomic mass is 35.5. The van der Waals surface area contributed by atoms with E-state index >= 15 is 0 Å². The van der Waals surface area contributed by atoms with Crippen molar-refractivity contribution in [1.82, 2.24) is 10.6 Å². The van der Waals surface area contributed by atoms with Crippen molar-refractivity contribution in [2.24, 2.45) is 0 Å². The number of hydrogen-bond donors (Lipinski definition) is 2. The number of alkyl carbamates (subject to hydrolysis) is 1. The van der Waals surface area contributed by atoms with Gasteiger partial charge in [0, 0.05) is 25.4 Å². The van der Waals surface area contributed by atoms with E-state index in [9.17, 15) is 9.59 Å². The lowest BCUT2D eigenvalue weighted by Gasteiger charge is -2.19. The highest BCUT2D eigenvalue weighted by molar-refractivity contribution is 6.17. The lowest BCUT2D eigenvalue weighted by atomic mass is 10.2. The summed E-state index contributed by atoms with van der Waals surface area (Å²) in [7, 11) is 0. The largest absolute Gasteiger partial charge is 0.444 e. The van der Waals surface area contributed by atoms with E-state index in [1.807, 2.05) is 0 Å². The van der Waals surface area contributed by atoms with Gasteiger partial charge in [-0.3, -0.25) is 4.79 Å². The lowest BCUT2D eigenvalue weighted by Crippen LogP contribution is -2.37. The Balaban J connectivity index is 3.51. The molecule has 100 valence electrons. The zero-order valence-electron chi connectivity index (χ0n) is 10.6. The molecule has 0 bridgehead atoms. The molecule has 0 aliphatic carbocycles. The van der Waals surface area contributed by atoms with Crippen LogP contribution >= 0.6 is 11.6 Å². The number of carbonyl (C=O) groups excluding carboxylic acids is 2. The average Bonchev–Trinajstić information content (AvgIpc) is 2.19. The van der Waals surface area contributed by atoms with E-state index in [2.05, 4.69) is 10.6 Å². The number of hydrogen-bond acceptors (Lipinski definition) is 3. The predicted molar refractivity (Wildman–Crippen MR) is 67.2 cm³/mol. The molecule has 0 heterocycles. The molecule has 2 N–H and O–H groups in total. The monoisotopic (exact) mass is 264 g/mol. The topological polar surface area (TPSA) is 67.4 Å². The van der Waals surface area contributed by atoms with E-state index in [1.165, 1.54) is 0 Å². The van der Waals surface area contributed by atoms with Gasteiger partial charge in [0.15, 0.2) is 0 Å². The molecule has 0 aliphatic heterocycles. The molecule has 0 unspecified atom stereocenters. The number of carbonyl (C=O) groups is 2. The number of amides is 2. The Labute approximate surface area is 107 Å². The summed E-state index contributed by atoms with van der Waals surface area (Å²) >= 11 is 5.46. The number of rotatable bonds is 6.